The molecule has 0 N–H and O–H groups in total. The van der Waals surface area contributed by atoms with Gasteiger partial charge in [0.2, 0.25) is 0 Å². The van der Waals surface area contributed by atoms with Crippen LogP contribution in [-0.4, -0.2) is 4.98 Å². The number of aromatic nitrogens is 1. The highest BCUT2D eigenvalue weighted by molar-refractivity contribution is 5.37. The van der Waals surface area contributed by atoms with Gasteiger partial charge in [-0.2, -0.15) is 0 Å². The summed E-state index contributed by atoms with van der Waals surface area (Å²) in [5.74, 6) is 0. The minimum Gasteiger partial charge on any atom is -0.364 e. The molecule has 2 nitrogen and oxygen atoms in total. The smallest absolute Gasteiger partial charge is 0.110 e. The van der Waals surface area contributed by atoms with Gasteiger partial charge < -0.3 is 4.74 Å². The number of benzene rings is 1. The molecule has 0 spiro atoms. The van der Waals surface area contributed by atoms with Crippen molar-refractivity contribution in [1.29, 1.82) is 0 Å². The first-order valence-corrected chi connectivity index (χ1v) is 5.04. The molecule has 1 aliphatic rings. The Labute approximate surface area is 88.5 Å². The monoisotopic (exact) mass is 197 g/mol. The third-order valence-electron chi connectivity index (χ3n) is 2.73. The Morgan fingerprint density at radius 2 is 2.07 bits per heavy atom. The number of hydrogen-bond acceptors (Lipinski definition) is 2. The van der Waals surface area contributed by atoms with Crippen molar-refractivity contribution in [3.05, 3.63) is 65.5 Å². The van der Waals surface area contributed by atoms with Crippen LogP contribution in [0, 0.1) is 0 Å². The number of rotatable bonds is 1. The van der Waals surface area contributed by atoms with Crippen molar-refractivity contribution in [2.45, 2.75) is 12.7 Å². The third kappa shape index (κ3) is 1.43. The Kier molecular flexibility index (Phi) is 2.00. The van der Waals surface area contributed by atoms with Gasteiger partial charge in [0, 0.05) is 18.0 Å². The van der Waals surface area contributed by atoms with Crippen molar-refractivity contribution in [3.8, 4) is 0 Å². The highest BCUT2D eigenvalue weighted by Crippen LogP contribution is 2.34. The Balaban J connectivity index is 2.05. The molecule has 0 fully saturated rings. The van der Waals surface area contributed by atoms with E-state index in [1.807, 2.05) is 18.3 Å². The fourth-order valence-electron chi connectivity index (χ4n) is 1.99. The van der Waals surface area contributed by atoms with Gasteiger partial charge in [-0.3, -0.25) is 4.98 Å². The summed E-state index contributed by atoms with van der Waals surface area (Å²) in [6.45, 7) is 0.704. The molecule has 1 aromatic heterocycles. The van der Waals surface area contributed by atoms with Crippen LogP contribution in [0.5, 0.6) is 0 Å². The lowest BCUT2D eigenvalue weighted by molar-refractivity contribution is 0.0937. The van der Waals surface area contributed by atoms with E-state index in [9.17, 15) is 0 Å². The average molecular weight is 197 g/mol. The summed E-state index contributed by atoms with van der Waals surface area (Å²) in [4.78, 5) is 4.12. The van der Waals surface area contributed by atoms with Crippen LogP contribution in [0.2, 0.25) is 0 Å². The summed E-state index contributed by atoms with van der Waals surface area (Å²) in [6.07, 6.45) is 3.71. The zero-order valence-corrected chi connectivity index (χ0v) is 8.26. The summed E-state index contributed by atoms with van der Waals surface area (Å²) in [5.41, 5.74) is 3.68. The van der Waals surface area contributed by atoms with Crippen LogP contribution in [0.25, 0.3) is 0 Å². The second-order valence-corrected chi connectivity index (χ2v) is 3.68. The van der Waals surface area contributed by atoms with Crippen LogP contribution in [0.15, 0.2) is 48.8 Å². The lowest BCUT2D eigenvalue weighted by atomic mass is 10.0. The standard InChI is InChI=1S/C13H11NO/c1-2-6-12-11(4-1)9-15-13(12)10-5-3-7-14-8-10/h1-8,13H,9H2. The van der Waals surface area contributed by atoms with Crippen molar-refractivity contribution in [3.63, 3.8) is 0 Å². The molecule has 0 saturated heterocycles. The molecule has 1 atom stereocenters. The van der Waals surface area contributed by atoms with Crippen molar-refractivity contribution >= 4 is 0 Å². The highest BCUT2D eigenvalue weighted by Gasteiger charge is 2.23. The van der Waals surface area contributed by atoms with Gasteiger partial charge in [-0.15, -0.1) is 0 Å². The van der Waals surface area contributed by atoms with Gasteiger partial charge >= 0.3 is 0 Å². The van der Waals surface area contributed by atoms with E-state index in [0.717, 1.165) is 5.56 Å². The van der Waals surface area contributed by atoms with E-state index in [0.29, 0.717) is 6.61 Å². The Morgan fingerprint density at radius 1 is 1.13 bits per heavy atom. The molecule has 3 rings (SSSR count). The van der Waals surface area contributed by atoms with Crippen molar-refractivity contribution in [2.75, 3.05) is 0 Å². The van der Waals surface area contributed by atoms with Crippen LogP contribution in [0.4, 0.5) is 0 Å². The maximum atomic E-state index is 5.77. The van der Waals surface area contributed by atoms with E-state index in [1.54, 1.807) is 6.20 Å². The number of fused-ring (bicyclic) bond motifs is 1. The fraction of sp³-hybridized carbons (Fsp3) is 0.154. The molecule has 1 aromatic carbocycles. The molecule has 0 aliphatic carbocycles. The molecule has 1 aliphatic heterocycles. The van der Waals surface area contributed by atoms with Crippen LogP contribution >= 0.6 is 0 Å². The average Bonchev–Trinajstić information content (AvgIpc) is 2.74. The second kappa shape index (κ2) is 3.48. The Hall–Kier alpha value is -1.67. The van der Waals surface area contributed by atoms with Gasteiger partial charge in [0.15, 0.2) is 0 Å². The molecule has 15 heavy (non-hydrogen) atoms. The van der Waals surface area contributed by atoms with Crippen LogP contribution in [0.3, 0.4) is 0 Å². The maximum Gasteiger partial charge on any atom is 0.110 e. The van der Waals surface area contributed by atoms with Gasteiger partial charge in [-0.05, 0) is 17.2 Å². The molecule has 1 unspecified atom stereocenters. The minimum atomic E-state index is 0.0647. The summed E-state index contributed by atoms with van der Waals surface area (Å²) in [5, 5.41) is 0. The molecular formula is C13H11NO. The molecule has 0 saturated carbocycles. The molecule has 0 amide bonds. The number of nitrogens with zero attached hydrogens (tertiary/aromatic N) is 1. The van der Waals surface area contributed by atoms with Crippen LogP contribution in [0.1, 0.15) is 22.8 Å². The zero-order valence-electron chi connectivity index (χ0n) is 8.26. The van der Waals surface area contributed by atoms with Crippen LogP contribution in [-0.2, 0) is 11.3 Å². The predicted octanol–water partition coefficient (Wildman–Crippen LogP) is 2.70. The SMILES string of the molecule is c1cncc(C2OCc3ccccc32)c1. The lowest BCUT2D eigenvalue weighted by Crippen LogP contribution is -1.98. The van der Waals surface area contributed by atoms with Crippen LogP contribution < -0.4 is 0 Å². The van der Waals surface area contributed by atoms with Crippen molar-refractivity contribution in [2.24, 2.45) is 0 Å². The van der Waals surface area contributed by atoms with Gasteiger partial charge in [0.25, 0.3) is 0 Å². The summed E-state index contributed by atoms with van der Waals surface area (Å²) in [6, 6.07) is 12.3. The first kappa shape index (κ1) is 8.62. The molecule has 2 heterocycles. The molecule has 0 radical (unpaired) electrons. The normalized spacial score (nSPS) is 18.8. The predicted molar refractivity (Wildman–Crippen MR) is 57.3 cm³/mol. The maximum absolute atomic E-state index is 5.77. The molecule has 2 aromatic rings. The van der Waals surface area contributed by atoms with Gasteiger partial charge in [-0.25, -0.2) is 0 Å². The molecular weight excluding hydrogens is 186 g/mol. The van der Waals surface area contributed by atoms with E-state index in [4.69, 9.17) is 4.74 Å². The Bertz CT molecular complexity index is 467. The second-order valence-electron chi connectivity index (χ2n) is 3.68. The van der Waals surface area contributed by atoms with E-state index in [2.05, 4.69) is 29.2 Å². The van der Waals surface area contributed by atoms with E-state index >= 15 is 0 Å². The van der Waals surface area contributed by atoms with E-state index in [1.165, 1.54) is 11.1 Å². The lowest BCUT2D eigenvalue weighted by Gasteiger charge is -2.10. The first-order valence-electron chi connectivity index (χ1n) is 5.04. The van der Waals surface area contributed by atoms with Gasteiger partial charge in [-0.1, -0.05) is 30.3 Å². The van der Waals surface area contributed by atoms with E-state index < -0.39 is 0 Å². The highest BCUT2D eigenvalue weighted by atomic mass is 16.5. The Morgan fingerprint density at radius 3 is 2.93 bits per heavy atom. The fourth-order valence-corrected chi connectivity index (χ4v) is 1.99. The first-order chi connectivity index (χ1) is 7.45. The number of ether oxygens (including phenoxy) is 1. The summed E-state index contributed by atoms with van der Waals surface area (Å²) >= 11 is 0. The van der Waals surface area contributed by atoms with E-state index in [-0.39, 0.29) is 6.10 Å². The minimum absolute atomic E-state index is 0.0647. The zero-order chi connectivity index (χ0) is 10.1. The topological polar surface area (TPSA) is 22.1 Å². The van der Waals surface area contributed by atoms with Gasteiger partial charge in [0.05, 0.1) is 6.61 Å². The van der Waals surface area contributed by atoms with Crippen molar-refractivity contribution < 1.29 is 4.74 Å². The summed E-state index contributed by atoms with van der Waals surface area (Å²) < 4.78 is 5.77. The summed E-state index contributed by atoms with van der Waals surface area (Å²) in [7, 11) is 0. The third-order valence-corrected chi connectivity index (χ3v) is 2.73. The van der Waals surface area contributed by atoms with Crippen molar-refractivity contribution in [1.82, 2.24) is 4.98 Å². The number of pyridine rings is 1. The quantitative estimate of drug-likeness (QED) is 0.701. The molecule has 0 bridgehead atoms. The molecule has 74 valence electrons. The molecule has 2 heteroatoms. The number of hydrogen-bond donors (Lipinski definition) is 0. The van der Waals surface area contributed by atoms with Gasteiger partial charge in [0.1, 0.15) is 6.10 Å². The largest absolute Gasteiger partial charge is 0.364 e.